The molecule has 3 heterocycles. The molecule has 2 aliphatic heterocycles. The maximum atomic E-state index is 12.6. The Labute approximate surface area is 158 Å². The quantitative estimate of drug-likeness (QED) is 0.651. The number of aromatic nitrogens is 2. The van der Waals surface area contributed by atoms with Gasteiger partial charge in [0.25, 0.3) is 0 Å². The second-order valence-electron chi connectivity index (χ2n) is 6.75. The molecule has 1 unspecified atom stereocenters. The zero-order chi connectivity index (χ0) is 20.5. The van der Waals surface area contributed by atoms with Crippen molar-refractivity contribution in [3.63, 3.8) is 0 Å². The maximum Gasteiger partial charge on any atom is 0.470 e. The van der Waals surface area contributed by atoms with E-state index in [2.05, 4.69) is 14.6 Å². The molecule has 2 saturated heterocycles. The van der Waals surface area contributed by atoms with Crippen LogP contribution in [0.4, 0.5) is 13.2 Å². The van der Waals surface area contributed by atoms with E-state index in [4.69, 9.17) is 0 Å². The predicted molar refractivity (Wildman–Crippen MR) is 87.2 cm³/mol. The third-order valence-corrected chi connectivity index (χ3v) is 6.58. The van der Waals surface area contributed by atoms with E-state index in [-0.39, 0.29) is 38.4 Å². The molecule has 0 bridgehead atoms. The first-order valence-electron chi connectivity index (χ1n) is 8.79. The summed E-state index contributed by atoms with van der Waals surface area (Å²) < 4.78 is 68.9. The van der Waals surface area contributed by atoms with Crippen LogP contribution in [0.25, 0.3) is 0 Å². The third kappa shape index (κ3) is 4.51. The highest BCUT2D eigenvalue weighted by Crippen LogP contribution is 2.32. The lowest BCUT2D eigenvalue weighted by molar-refractivity contribution is -0.157. The molecule has 1 aromatic heterocycles. The first kappa shape index (κ1) is 20.7. The largest absolute Gasteiger partial charge is 0.470 e. The maximum absolute atomic E-state index is 12.6. The summed E-state index contributed by atoms with van der Waals surface area (Å²) in [6.45, 7) is -0.134. The molecular weight excluding hydrogens is 405 g/mol. The number of likely N-dealkylation sites (tertiary alicyclic amines) is 1. The van der Waals surface area contributed by atoms with Crippen molar-refractivity contribution in [1.82, 2.24) is 19.4 Å². The Hall–Kier alpha value is -2.02. The molecule has 0 N–H and O–H groups in total. The smallest absolute Gasteiger partial charge is 0.417 e. The Morgan fingerprint density at radius 3 is 2.39 bits per heavy atom. The van der Waals surface area contributed by atoms with Crippen LogP contribution in [-0.2, 0) is 25.8 Å². The van der Waals surface area contributed by atoms with Gasteiger partial charge in [0.1, 0.15) is 0 Å². The van der Waals surface area contributed by atoms with Gasteiger partial charge in [-0.3, -0.25) is 14.5 Å². The molecule has 0 aliphatic carbocycles. The molecule has 9 nitrogen and oxygen atoms in total. The number of carbonyl (C=O) groups excluding carboxylic acids is 2. The van der Waals surface area contributed by atoms with Gasteiger partial charge in [-0.25, -0.2) is 12.7 Å². The SMILES string of the molecule is O=C1CCCC(=O)N1CCS(=O)(=O)N1CCCC(c2nnc(C(F)(F)F)o2)C1. The number of alkyl halides is 3. The van der Waals surface area contributed by atoms with Crippen molar-refractivity contribution in [2.24, 2.45) is 0 Å². The first-order valence-corrected chi connectivity index (χ1v) is 10.4. The fourth-order valence-corrected chi connectivity index (χ4v) is 4.78. The van der Waals surface area contributed by atoms with Crippen molar-refractivity contribution < 1.29 is 35.6 Å². The number of rotatable bonds is 5. The highest BCUT2D eigenvalue weighted by atomic mass is 32.2. The van der Waals surface area contributed by atoms with E-state index >= 15 is 0 Å². The van der Waals surface area contributed by atoms with Crippen molar-refractivity contribution in [1.29, 1.82) is 0 Å². The number of halogens is 3. The van der Waals surface area contributed by atoms with Crippen LogP contribution >= 0.6 is 0 Å². The lowest BCUT2D eigenvalue weighted by atomic mass is 10.00. The second kappa shape index (κ2) is 7.78. The summed E-state index contributed by atoms with van der Waals surface area (Å²) in [7, 11) is -3.82. The minimum atomic E-state index is -4.76. The fraction of sp³-hybridized carbons (Fsp3) is 0.733. The number of piperidine rings is 2. The van der Waals surface area contributed by atoms with Gasteiger partial charge in [-0.1, -0.05) is 0 Å². The molecule has 1 aromatic rings. The van der Waals surface area contributed by atoms with E-state index in [0.29, 0.717) is 19.3 Å². The van der Waals surface area contributed by atoms with Crippen LogP contribution in [0, 0.1) is 0 Å². The third-order valence-electron chi connectivity index (χ3n) is 4.77. The van der Waals surface area contributed by atoms with Crippen molar-refractivity contribution >= 4 is 21.8 Å². The molecule has 2 aliphatic rings. The summed E-state index contributed by atoms with van der Waals surface area (Å²) in [4.78, 5) is 24.5. The molecular formula is C15H19F3N4O5S. The van der Waals surface area contributed by atoms with E-state index in [1.165, 1.54) is 0 Å². The Morgan fingerprint density at radius 1 is 1.11 bits per heavy atom. The van der Waals surface area contributed by atoms with Gasteiger partial charge in [0.15, 0.2) is 0 Å². The van der Waals surface area contributed by atoms with Crippen LogP contribution in [0.3, 0.4) is 0 Å². The van der Waals surface area contributed by atoms with Crippen LogP contribution in [0.15, 0.2) is 4.42 Å². The van der Waals surface area contributed by atoms with Gasteiger partial charge < -0.3 is 4.42 Å². The number of carbonyl (C=O) groups is 2. The normalized spacial score (nSPS) is 22.7. The molecule has 0 saturated carbocycles. The van der Waals surface area contributed by atoms with E-state index in [0.717, 1.165) is 9.21 Å². The predicted octanol–water partition coefficient (Wildman–Crippen LogP) is 1.14. The molecule has 0 aromatic carbocycles. The van der Waals surface area contributed by atoms with E-state index in [1.54, 1.807) is 0 Å². The molecule has 0 spiro atoms. The van der Waals surface area contributed by atoms with Gasteiger partial charge in [0.2, 0.25) is 27.7 Å². The number of hydrogen-bond donors (Lipinski definition) is 0. The Morgan fingerprint density at radius 2 is 1.79 bits per heavy atom. The minimum Gasteiger partial charge on any atom is -0.417 e. The highest BCUT2D eigenvalue weighted by molar-refractivity contribution is 7.89. The number of nitrogens with zero attached hydrogens (tertiary/aromatic N) is 4. The molecule has 156 valence electrons. The molecule has 2 amide bonds. The van der Waals surface area contributed by atoms with E-state index in [1.807, 2.05) is 0 Å². The fourth-order valence-electron chi connectivity index (χ4n) is 3.30. The van der Waals surface area contributed by atoms with Gasteiger partial charge in [-0.15, -0.1) is 10.2 Å². The topological polar surface area (TPSA) is 114 Å². The van der Waals surface area contributed by atoms with Crippen LogP contribution in [0.2, 0.25) is 0 Å². The zero-order valence-electron chi connectivity index (χ0n) is 14.8. The molecule has 3 rings (SSSR count). The molecule has 28 heavy (non-hydrogen) atoms. The standard InChI is InChI=1S/C15H19F3N4O5S/c16-15(17,18)14-20-19-13(27-14)10-3-2-6-21(9-10)28(25,26)8-7-22-11(23)4-1-5-12(22)24/h10H,1-9H2. The van der Waals surface area contributed by atoms with Crippen molar-refractivity contribution in [3.8, 4) is 0 Å². The van der Waals surface area contributed by atoms with Gasteiger partial charge >= 0.3 is 12.1 Å². The lowest BCUT2D eigenvalue weighted by Crippen LogP contribution is -2.46. The Kier molecular flexibility index (Phi) is 5.75. The summed E-state index contributed by atoms with van der Waals surface area (Å²) in [6.07, 6.45) is -3.08. The number of amides is 2. The number of sulfonamides is 1. The lowest BCUT2D eigenvalue weighted by Gasteiger charge is -2.31. The van der Waals surface area contributed by atoms with E-state index < -0.39 is 45.6 Å². The van der Waals surface area contributed by atoms with Crippen LogP contribution in [0.5, 0.6) is 0 Å². The Balaban J connectivity index is 1.64. The van der Waals surface area contributed by atoms with Crippen LogP contribution in [0.1, 0.15) is 49.8 Å². The molecule has 0 radical (unpaired) electrons. The number of hydrogen-bond acceptors (Lipinski definition) is 7. The summed E-state index contributed by atoms with van der Waals surface area (Å²) in [5.41, 5.74) is 0. The summed E-state index contributed by atoms with van der Waals surface area (Å²) in [5.74, 6) is -3.60. The molecule has 13 heteroatoms. The second-order valence-corrected chi connectivity index (χ2v) is 8.84. The average Bonchev–Trinajstić information content (AvgIpc) is 3.12. The summed E-state index contributed by atoms with van der Waals surface area (Å²) in [6, 6.07) is 0. The molecule has 1 atom stereocenters. The van der Waals surface area contributed by atoms with Crippen molar-refractivity contribution in [2.75, 3.05) is 25.4 Å². The van der Waals surface area contributed by atoms with Crippen molar-refractivity contribution in [3.05, 3.63) is 11.8 Å². The van der Waals surface area contributed by atoms with Gasteiger partial charge in [0.05, 0.1) is 11.7 Å². The van der Waals surface area contributed by atoms with Gasteiger partial charge in [-0.05, 0) is 19.3 Å². The minimum absolute atomic E-state index is 0.0935. The van der Waals surface area contributed by atoms with Crippen LogP contribution < -0.4 is 0 Å². The zero-order valence-corrected chi connectivity index (χ0v) is 15.6. The first-order chi connectivity index (χ1) is 13.1. The average molecular weight is 424 g/mol. The van der Waals surface area contributed by atoms with Crippen LogP contribution in [-0.4, -0.2) is 65.0 Å². The highest BCUT2D eigenvalue weighted by Gasteiger charge is 2.40. The van der Waals surface area contributed by atoms with Gasteiger partial charge in [0, 0.05) is 32.5 Å². The monoisotopic (exact) mass is 424 g/mol. The van der Waals surface area contributed by atoms with Crippen molar-refractivity contribution in [2.45, 2.75) is 44.2 Å². The summed E-state index contributed by atoms with van der Waals surface area (Å²) in [5, 5.41) is 6.38. The van der Waals surface area contributed by atoms with E-state index in [9.17, 15) is 31.2 Å². The Bertz CT molecular complexity index is 838. The molecule has 2 fully saturated rings. The van der Waals surface area contributed by atoms with Gasteiger partial charge in [-0.2, -0.15) is 13.2 Å². The summed E-state index contributed by atoms with van der Waals surface area (Å²) >= 11 is 0. The number of imide groups is 1.